The number of nitrogens with zero attached hydrogens (tertiary/aromatic N) is 4. The summed E-state index contributed by atoms with van der Waals surface area (Å²) in [5.74, 6) is 0. The van der Waals surface area contributed by atoms with Crippen LogP contribution in [0.2, 0.25) is 5.54 Å². The summed E-state index contributed by atoms with van der Waals surface area (Å²) in [6.45, 7) is 0. The SMILES string of the molecule is CO[Si](OC)(OC)C1C=CCC(C#N)(C#N)C1(C#N)C#N. The van der Waals surface area contributed by atoms with E-state index in [9.17, 15) is 21.0 Å². The van der Waals surface area contributed by atoms with E-state index in [4.69, 9.17) is 13.3 Å². The average molecular weight is 302 g/mol. The smallest absolute Gasteiger partial charge is 0.376 e. The quantitative estimate of drug-likeness (QED) is 0.565. The van der Waals surface area contributed by atoms with Crippen LogP contribution < -0.4 is 0 Å². The van der Waals surface area contributed by atoms with Crippen LogP contribution >= 0.6 is 0 Å². The third-order valence-corrected chi connectivity index (χ3v) is 6.96. The van der Waals surface area contributed by atoms with Gasteiger partial charge in [-0.3, -0.25) is 0 Å². The lowest BCUT2D eigenvalue weighted by Gasteiger charge is -2.43. The van der Waals surface area contributed by atoms with Gasteiger partial charge in [0.15, 0.2) is 10.8 Å². The van der Waals surface area contributed by atoms with E-state index in [-0.39, 0.29) is 6.42 Å². The lowest BCUT2D eigenvalue weighted by molar-refractivity contribution is 0.0943. The predicted octanol–water partition coefficient (Wildman–Crippen LogP) is 1.26. The van der Waals surface area contributed by atoms with Crippen LogP contribution in [0, 0.1) is 56.2 Å². The van der Waals surface area contributed by atoms with Gasteiger partial charge >= 0.3 is 8.80 Å². The monoisotopic (exact) mass is 302 g/mol. The van der Waals surface area contributed by atoms with Crippen molar-refractivity contribution in [3.63, 3.8) is 0 Å². The maximum Gasteiger partial charge on any atom is 0.510 e. The standard InChI is InChI=1S/C13H14N4O3Si/c1-18-21(19-2,20-3)11-5-4-6-12(7-14,8-15)13(11,9-16)10-17/h4-5,11H,6H2,1-3H3. The molecule has 1 aliphatic rings. The van der Waals surface area contributed by atoms with Gasteiger partial charge in [-0.2, -0.15) is 21.0 Å². The van der Waals surface area contributed by atoms with Gasteiger partial charge < -0.3 is 13.3 Å². The zero-order valence-electron chi connectivity index (χ0n) is 12.0. The predicted molar refractivity (Wildman–Crippen MR) is 71.6 cm³/mol. The van der Waals surface area contributed by atoms with Gasteiger partial charge in [0.05, 0.1) is 29.8 Å². The number of rotatable bonds is 4. The summed E-state index contributed by atoms with van der Waals surface area (Å²) in [4.78, 5) is 0. The van der Waals surface area contributed by atoms with Crippen molar-refractivity contribution in [1.29, 1.82) is 21.0 Å². The molecular weight excluding hydrogens is 288 g/mol. The molecule has 0 radical (unpaired) electrons. The van der Waals surface area contributed by atoms with Gasteiger partial charge in [-0.05, 0) is 6.42 Å². The van der Waals surface area contributed by atoms with E-state index in [1.54, 1.807) is 12.2 Å². The van der Waals surface area contributed by atoms with Crippen LogP contribution in [0.4, 0.5) is 0 Å². The Morgan fingerprint density at radius 1 is 0.952 bits per heavy atom. The summed E-state index contributed by atoms with van der Waals surface area (Å²) in [7, 11) is 0.597. The zero-order chi connectivity index (χ0) is 16.1. The lowest BCUT2D eigenvalue weighted by Crippen LogP contribution is -2.57. The van der Waals surface area contributed by atoms with Crippen molar-refractivity contribution < 1.29 is 13.3 Å². The van der Waals surface area contributed by atoms with E-state index in [1.807, 2.05) is 24.3 Å². The van der Waals surface area contributed by atoms with Crippen LogP contribution in [0.3, 0.4) is 0 Å². The molecule has 0 saturated carbocycles. The molecule has 0 fully saturated rings. The van der Waals surface area contributed by atoms with Crippen molar-refractivity contribution in [3.05, 3.63) is 12.2 Å². The molecule has 1 unspecified atom stereocenters. The minimum Gasteiger partial charge on any atom is -0.376 e. The summed E-state index contributed by atoms with van der Waals surface area (Å²) < 4.78 is 16.0. The van der Waals surface area contributed by atoms with E-state index in [1.165, 1.54) is 21.3 Å². The van der Waals surface area contributed by atoms with Crippen LogP contribution in [-0.4, -0.2) is 30.1 Å². The Kier molecular flexibility index (Phi) is 4.86. The molecule has 0 amide bonds. The minimum atomic E-state index is -3.45. The van der Waals surface area contributed by atoms with Crippen molar-refractivity contribution in [2.45, 2.75) is 12.0 Å². The van der Waals surface area contributed by atoms with Crippen molar-refractivity contribution in [3.8, 4) is 24.3 Å². The van der Waals surface area contributed by atoms with Crippen molar-refractivity contribution in [2.75, 3.05) is 21.3 Å². The van der Waals surface area contributed by atoms with Gasteiger partial charge in [0, 0.05) is 21.3 Å². The highest BCUT2D eigenvalue weighted by molar-refractivity contribution is 6.63. The topological polar surface area (TPSA) is 123 Å². The number of nitriles is 4. The van der Waals surface area contributed by atoms with Gasteiger partial charge in [-0.15, -0.1) is 0 Å². The van der Waals surface area contributed by atoms with Crippen molar-refractivity contribution in [1.82, 2.24) is 0 Å². The number of hydrogen-bond acceptors (Lipinski definition) is 7. The fourth-order valence-corrected chi connectivity index (χ4v) is 5.15. The van der Waals surface area contributed by atoms with Crippen molar-refractivity contribution >= 4 is 8.80 Å². The molecule has 0 saturated heterocycles. The van der Waals surface area contributed by atoms with Gasteiger partial charge in [-0.1, -0.05) is 12.2 Å². The molecule has 0 bridgehead atoms. The van der Waals surface area contributed by atoms with Crippen LogP contribution in [0.1, 0.15) is 6.42 Å². The first-order chi connectivity index (χ1) is 10.0. The Labute approximate surface area is 124 Å². The molecule has 1 atom stereocenters. The fourth-order valence-electron chi connectivity index (χ4n) is 2.61. The molecule has 108 valence electrons. The summed E-state index contributed by atoms with van der Waals surface area (Å²) in [6.07, 6.45) is 3.14. The Balaban J connectivity index is 3.69. The zero-order valence-corrected chi connectivity index (χ0v) is 13.0. The van der Waals surface area contributed by atoms with Crippen LogP contribution in [0.25, 0.3) is 0 Å². The summed E-state index contributed by atoms with van der Waals surface area (Å²) in [5, 5.41) is 38.1. The van der Waals surface area contributed by atoms with Crippen LogP contribution in [0.5, 0.6) is 0 Å². The molecular formula is C13H14N4O3Si. The van der Waals surface area contributed by atoms with E-state index in [0.717, 1.165) is 0 Å². The van der Waals surface area contributed by atoms with E-state index >= 15 is 0 Å². The van der Waals surface area contributed by atoms with Crippen LogP contribution in [0.15, 0.2) is 12.2 Å². The van der Waals surface area contributed by atoms with E-state index in [0.29, 0.717) is 0 Å². The largest absolute Gasteiger partial charge is 0.510 e. The molecule has 0 heterocycles. The Morgan fingerprint density at radius 3 is 1.76 bits per heavy atom. The normalized spacial score (nSPS) is 22.3. The third kappa shape index (κ3) is 2.03. The molecule has 0 spiro atoms. The number of hydrogen-bond donors (Lipinski definition) is 0. The molecule has 0 aromatic carbocycles. The Morgan fingerprint density at radius 2 is 1.43 bits per heavy atom. The van der Waals surface area contributed by atoms with E-state index in [2.05, 4.69) is 0 Å². The van der Waals surface area contributed by atoms with Crippen molar-refractivity contribution in [2.24, 2.45) is 10.8 Å². The highest BCUT2D eigenvalue weighted by atomic mass is 28.4. The maximum absolute atomic E-state index is 9.61. The van der Waals surface area contributed by atoms with Gasteiger partial charge in [0.2, 0.25) is 0 Å². The summed E-state index contributed by atoms with van der Waals surface area (Å²) >= 11 is 0. The van der Waals surface area contributed by atoms with E-state index < -0.39 is 25.2 Å². The van der Waals surface area contributed by atoms with Gasteiger partial charge in [0.1, 0.15) is 0 Å². The highest BCUT2D eigenvalue weighted by Crippen LogP contribution is 2.56. The second kappa shape index (κ2) is 6.05. The number of allylic oxidation sites excluding steroid dienone is 2. The first-order valence-corrected chi connectivity index (χ1v) is 7.79. The summed E-state index contributed by atoms with van der Waals surface area (Å²) in [6, 6.07) is 7.38. The first-order valence-electron chi connectivity index (χ1n) is 5.99. The first kappa shape index (κ1) is 16.9. The third-order valence-electron chi connectivity index (χ3n) is 3.86. The molecule has 0 aromatic rings. The average Bonchev–Trinajstić information content (AvgIpc) is 2.56. The Bertz CT molecular complexity index is 565. The second-order valence-electron chi connectivity index (χ2n) is 4.49. The minimum absolute atomic E-state index is 0.0146. The molecule has 21 heavy (non-hydrogen) atoms. The maximum atomic E-state index is 9.61. The molecule has 0 aromatic heterocycles. The molecule has 0 aliphatic heterocycles. The van der Waals surface area contributed by atoms with Crippen LogP contribution in [-0.2, 0) is 13.3 Å². The molecule has 1 rings (SSSR count). The van der Waals surface area contributed by atoms with Gasteiger partial charge in [0.25, 0.3) is 0 Å². The Hall–Kier alpha value is -2.20. The lowest BCUT2D eigenvalue weighted by atomic mass is 9.60. The van der Waals surface area contributed by atoms with Gasteiger partial charge in [-0.25, -0.2) is 0 Å². The summed E-state index contributed by atoms with van der Waals surface area (Å²) in [5.41, 5.74) is -4.67. The molecule has 8 heteroatoms. The highest BCUT2D eigenvalue weighted by Gasteiger charge is 2.68. The molecule has 1 aliphatic carbocycles. The fraction of sp³-hybridized carbons (Fsp3) is 0.538. The molecule has 7 nitrogen and oxygen atoms in total. The molecule has 0 N–H and O–H groups in total. The second-order valence-corrected chi connectivity index (χ2v) is 7.54.